The third kappa shape index (κ3) is 2.63. The predicted molar refractivity (Wildman–Crippen MR) is 74.0 cm³/mol. The molecule has 0 aliphatic heterocycles. The molecule has 0 saturated carbocycles. The Morgan fingerprint density at radius 3 is 2.72 bits per heavy atom. The molecule has 0 spiro atoms. The van der Waals surface area contributed by atoms with Crippen molar-refractivity contribution in [3.63, 3.8) is 0 Å². The van der Waals surface area contributed by atoms with Crippen LogP contribution in [0.1, 0.15) is 5.69 Å². The Bertz CT molecular complexity index is 615. The monoisotopic (exact) mass is 238 g/mol. The first-order valence-electron chi connectivity index (χ1n) is 5.70. The Hall–Kier alpha value is -2.42. The van der Waals surface area contributed by atoms with Gasteiger partial charge in [-0.05, 0) is 23.6 Å². The highest BCUT2D eigenvalue weighted by Gasteiger charge is 2.01. The quantitative estimate of drug-likeness (QED) is 0.505. The third-order valence-corrected chi connectivity index (χ3v) is 2.63. The largest absolute Gasteiger partial charge is 0.386 e. The number of fused-ring (bicyclic) bond motifs is 1. The van der Waals surface area contributed by atoms with Gasteiger partial charge in [-0.3, -0.25) is 9.78 Å². The van der Waals surface area contributed by atoms with Gasteiger partial charge in [-0.2, -0.15) is 0 Å². The van der Waals surface area contributed by atoms with Crippen LogP contribution in [0.3, 0.4) is 0 Å². The van der Waals surface area contributed by atoms with Crippen LogP contribution in [-0.2, 0) is 4.79 Å². The first-order chi connectivity index (χ1) is 8.85. The number of hydrogen-bond acceptors (Lipinski definition) is 3. The number of carbonyl (C=O) groups excluding carboxylic acids is 1. The molecular weight excluding hydrogens is 224 g/mol. The van der Waals surface area contributed by atoms with Crippen molar-refractivity contribution in [2.24, 2.45) is 0 Å². The van der Waals surface area contributed by atoms with E-state index in [2.05, 4.69) is 16.4 Å². The lowest BCUT2D eigenvalue weighted by Crippen LogP contribution is -2.05. The maximum atomic E-state index is 10.2. The molecule has 0 saturated heterocycles. The smallest absolute Gasteiger partial charge is 0.142 e. The molecule has 0 atom stereocenters. The summed E-state index contributed by atoms with van der Waals surface area (Å²) >= 11 is 0. The molecule has 3 heteroatoms. The zero-order valence-electron chi connectivity index (χ0n) is 10.1. The van der Waals surface area contributed by atoms with E-state index in [1.165, 1.54) is 6.08 Å². The summed E-state index contributed by atoms with van der Waals surface area (Å²) in [7, 11) is 1.83. The summed E-state index contributed by atoms with van der Waals surface area (Å²) in [5.74, 6) is 0. The van der Waals surface area contributed by atoms with E-state index in [0.29, 0.717) is 0 Å². The summed E-state index contributed by atoms with van der Waals surface area (Å²) in [6.07, 6.45) is 7.55. The van der Waals surface area contributed by atoms with Crippen LogP contribution >= 0.6 is 0 Å². The molecule has 0 aliphatic rings. The van der Waals surface area contributed by atoms with E-state index >= 15 is 0 Å². The molecule has 0 radical (unpaired) electrons. The molecule has 2 aromatic rings. The number of aldehydes is 1. The molecule has 90 valence electrons. The van der Waals surface area contributed by atoms with E-state index in [9.17, 15) is 4.79 Å². The molecule has 18 heavy (non-hydrogen) atoms. The summed E-state index contributed by atoms with van der Waals surface area (Å²) in [5.41, 5.74) is 1.73. The van der Waals surface area contributed by atoms with Gasteiger partial charge in [0.15, 0.2) is 0 Å². The van der Waals surface area contributed by atoms with Crippen molar-refractivity contribution >= 4 is 22.8 Å². The van der Waals surface area contributed by atoms with Gasteiger partial charge in [-0.15, -0.1) is 0 Å². The molecule has 0 fully saturated rings. The molecule has 0 bridgehead atoms. The minimum Gasteiger partial charge on any atom is -0.386 e. The summed E-state index contributed by atoms with van der Waals surface area (Å²) in [6.45, 7) is 0. The number of aromatic nitrogens is 1. The zero-order chi connectivity index (χ0) is 12.8. The molecular formula is C15H14N2O. The van der Waals surface area contributed by atoms with E-state index in [-0.39, 0.29) is 0 Å². The van der Waals surface area contributed by atoms with E-state index in [1.54, 1.807) is 6.08 Å². The van der Waals surface area contributed by atoms with Gasteiger partial charge < -0.3 is 5.32 Å². The fraction of sp³-hybridized carbons (Fsp3) is 0.0667. The Balaban J connectivity index is 2.42. The topological polar surface area (TPSA) is 42.0 Å². The van der Waals surface area contributed by atoms with Crippen LogP contribution in [0.4, 0.5) is 0 Å². The fourth-order valence-electron chi connectivity index (χ4n) is 1.72. The lowest BCUT2D eigenvalue weighted by molar-refractivity contribution is -0.104. The molecule has 1 N–H and O–H groups in total. The number of benzene rings is 1. The first kappa shape index (κ1) is 12.0. The van der Waals surface area contributed by atoms with Crippen LogP contribution in [-0.4, -0.2) is 18.3 Å². The molecule has 1 aromatic carbocycles. The van der Waals surface area contributed by atoms with Crippen molar-refractivity contribution in [3.05, 3.63) is 60.5 Å². The molecule has 2 rings (SSSR count). The second kappa shape index (κ2) is 5.77. The minimum atomic E-state index is 0.748. The van der Waals surface area contributed by atoms with Gasteiger partial charge >= 0.3 is 0 Å². The summed E-state index contributed by atoms with van der Waals surface area (Å²) in [6, 6.07) is 10.1. The lowest BCUT2D eigenvalue weighted by atomic mass is 10.1. The van der Waals surface area contributed by atoms with Crippen LogP contribution in [0, 0.1) is 0 Å². The zero-order valence-corrected chi connectivity index (χ0v) is 10.1. The number of pyridine rings is 1. The number of rotatable bonds is 4. The minimum absolute atomic E-state index is 0.748. The van der Waals surface area contributed by atoms with Crippen molar-refractivity contribution in [3.8, 4) is 0 Å². The van der Waals surface area contributed by atoms with Crippen molar-refractivity contribution < 1.29 is 4.79 Å². The second-order valence-corrected chi connectivity index (χ2v) is 3.77. The maximum Gasteiger partial charge on any atom is 0.142 e. The SMILES string of the molecule is CN/C(=C\C=C/C=O)c1cc2ccccc2cn1. The second-order valence-electron chi connectivity index (χ2n) is 3.77. The van der Waals surface area contributed by atoms with Crippen LogP contribution in [0.25, 0.3) is 16.5 Å². The van der Waals surface area contributed by atoms with Gasteiger partial charge in [0, 0.05) is 18.6 Å². The normalized spacial score (nSPS) is 11.9. The first-order valence-corrected chi connectivity index (χ1v) is 5.70. The Morgan fingerprint density at radius 1 is 1.22 bits per heavy atom. The van der Waals surface area contributed by atoms with Crippen molar-refractivity contribution in [1.29, 1.82) is 0 Å². The average molecular weight is 238 g/mol. The fourth-order valence-corrected chi connectivity index (χ4v) is 1.72. The van der Waals surface area contributed by atoms with Gasteiger partial charge in [-0.1, -0.05) is 30.3 Å². The van der Waals surface area contributed by atoms with Crippen molar-refractivity contribution in [2.45, 2.75) is 0 Å². The molecule has 1 aromatic heterocycles. The lowest BCUT2D eigenvalue weighted by Gasteiger charge is -2.06. The number of nitrogens with zero attached hydrogens (tertiary/aromatic N) is 1. The van der Waals surface area contributed by atoms with Crippen molar-refractivity contribution in [2.75, 3.05) is 7.05 Å². The number of carbonyl (C=O) groups is 1. The Morgan fingerprint density at radius 2 is 2.00 bits per heavy atom. The van der Waals surface area contributed by atoms with Gasteiger partial charge in [0.05, 0.1) is 11.4 Å². The molecule has 1 heterocycles. The van der Waals surface area contributed by atoms with Gasteiger partial charge in [0.2, 0.25) is 0 Å². The Labute approximate surface area is 106 Å². The summed E-state index contributed by atoms with van der Waals surface area (Å²) in [5, 5.41) is 5.33. The number of allylic oxidation sites excluding steroid dienone is 3. The molecule has 3 nitrogen and oxygen atoms in total. The predicted octanol–water partition coefficient (Wildman–Crippen LogP) is 2.55. The van der Waals surface area contributed by atoms with Crippen molar-refractivity contribution in [1.82, 2.24) is 10.3 Å². The van der Waals surface area contributed by atoms with E-state index in [4.69, 9.17) is 0 Å². The standard InChI is InChI=1S/C15H14N2O/c1-16-14(8-4-5-9-18)15-10-12-6-2-3-7-13(12)11-17-15/h2-11,16H,1H3/b5-4-,14-8-. The average Bonchev–Trinajstić information content (AvgIpc) is 2.43. The highest BCUT2D eigenvalue weighted by molar-refractivity contribution is 5.84. The van der Waals surface area contributed by atoms with Crippen LogP contribution in [0.5, 0.6) is 0 Å². The molecule has 0 amide bonds. The van der Waals surface area contributed by atoms with Gasteiger partial charge in [0.1, 0.15) is 6.29 Å². The molecule has 0 unspecified atom stereocenters. The van der Waals surface area contributed by atoms with E-state index < -0.39 is 0 Å². The Kier molecular flexibility index (Phi) is 3.86. The van der Waals surface area contributed by atoms with Crippen LogP contribution < -0.4 is 5.32 Å². The highest BCUT2D eigenvalue weighted by Crippen LogP contribution is 2.17. The van der Waals surface area contributed by atoms with Gasteiger partial charge in [-0.25, -0.2) is 0 Å². The number of hydrogen-bond donors (Lipinski definition) is 1. The molecule has 0 aliphatic carbocycles. The van der Waals surface area contributed by atoms with Crippen LogP contribution in [0.2, 0.25) is 0 Å². The summed E-state index contributed by atoms with van der Waals surface area (Å²) in [4.78, 5) is 14.6. The van der Waals surface area contributed by atoms with Gasteiger partial charge in [0.25, 0.3) is 0 Å². The van der Waals surface area contributed by atoms with E-state index in [1.807, 2.05) is 43.6 Å². The highest BCUT2D eigenvalue weighted by atomic mass is 16.1. The van der Waals surface area contributed by atoms with E-state index in [0.717, 1.165) is 28.4 Å². The maximum absolute atomic E-state index is 10.2. The number of nitrogens with one attached hydrogen (secondary N) is 1. The third-order valence-electron chi connectivity index (χ3n) is 2.63. The van der Waals surface area contributed by atoms with Crippen LogP contribution in [0.15, 0.2) is 54.8 Å². The summed E-state index contributed by atoms with van der Waals surface area (Å²) < 4.78 is 0.